The SMILES string of the molecule is Cc1[c]c2cccc(C(=O)O)c2o1. The van der Waals surface area contributed by atoms with Gasteiger partial charge >= 0.3 is 5.97 Å². The molecular weight excluding hydrogens is 168 g/mol. The third kappa shape index (κ3) is 1.18. The number of carboxylic acids is 1. The maximum absolute atomic E-state index is 10.8. The first-order valence-electron chi connectivity index (χ1n) is 3.83. The van der Waals surface area contributed by atoms with Crippen LogP contribution in [0.1, 0.15) is 16.1 Å². The highest BCUT2D eigenvalue weighted by Crippen LogP contribution is 2.21. The number of aryl methyl sites for hydroxylation is 1. The molecule has 0 atom stereocenters. The molecular formula is C10H7O3. The van der Waals surface area contributed by atoms with E-state index in [9.17, 15) is 4.79 Å². The lowest BCUT2D eigenvalue weighted by Gasteiger charge is -1.93. The largest absolute Gasteiger partial charge is 0.478 e. The van der Waals surface area contributed by atoms with Crippen LogP contribution in [0.3, 0.4) is 0 Å². The van der Waals surface area contributed by atoms with E-state index in [2.05, 4.69) is 6.07 Å². The van der Waals surface area contributed by atoms with E-state index in [1.807, 2.05) is 0 Å². The molecule has 2 aromatic rings. The molecule has 1 radical (unpaired) electrons. The van der Waals surface area contributed by atoms with E-state index in [-0.39, 0.29) is 5.56 Å². The zero-order valence-corrected chi connectivity index (χ0v) is 7.00. The number of furan rings is 1. The molecule has 13 heavy (non-hydrogen) atoms. The van der Waals surface area contributed by atoms with Gasteiger partial charge in [-0.3, -0.25) is 0 Å². The summed E-state index contributed by atoms with van der Waals surface area (Å²) in [6.45, 7) is 1.74. The second kappa shape index (κ2) is 2.62. The van der Waals surface area contributed by atoms with Crippen LogP contribution in [-0.4, -0.2) is 11.1 Å². The highest BCUT2D eigenvalue weighted by atomic mass is 16.4. The van der Waals surface area contributed by atoms with Gasteiger partial charge in [-0.2, -0.15) is 0 Å². The summed E-state index contributed by atoms with van der Waals surface area (Å²) < 4.78 is 5.22. The van der Waals surface area contributed by atoms with Crippen LogP contribution in [0.4, 0.5) is 0 Å². The predicted molar refractivity (Wildman–Crippen MR) is 46.7 cm³/mol. The van der Waals surface area contributed by atoms with Crippen molar-refractivity contribution in [2.24, 2.45) is 0 Å². The van der Waals surface area contributed by atoms with E-state index in [1.165, 1.54) is 6.07 Å². The molecule has 0 aliphatic carbocycles. The monoisotopic (exact) mass is 175 g/mol. The predicted octanol–water partition coefficient (Wildman–Crippen LogP) is 2.24. The number of carbonyl (C=O) groups is 1. The Hall–Kier alpha value is -1.77. The number of benzene rings is 1. The Bertz CT molecular complexity index is 468. The van der Waals surface area contributed by atoms with Gasteiger partial charge in [-0.05, 0) is 13.0 Å². The molecule has 2 rings (SSSR count). The van der Waals surface area contributed by atoms with Crippen molar-refractivity contribution in [2.45, 2.75) is 6.92 Å². The van der Waals surface area contributed by atoms with Crippen molar-refractivity contribution in [2.75, 3.05) is 0 Å². The van der Waals surface area contributed by atoms with Crippen molar-refractivity contribution in [1.82, 2.24) is 0 Å². The standard InChI is InChI=1S/C10H7O3/c1-6-5-7-3-2-4-8(10(11)12)9(7)13-6/h2-4H,1H3,(H,11,12). The molecule has 0 saturated carbocycles. The quantitative estimate of drug-likeness (QED) is 0.723. The van der Waals surface area contributed by atoms with Crippen LogP contribution in [0.5, 0.6) is 0 Å². The minimum atomic E-state index is -0.978. The lowest BCUT2D eigenvalue weighted by molar-refractivity contribution is 0.0698. The minimum absolute atomic E-state index is 0.182. The Morgan fingerprint density at radius 1 is 1.54 bits per heavy atom. The lowest BCUT2D eigenvalue weighted by atomic mass is 10.1. The molecule has 0 bridgehead atoms. The molecule has 0 spiro atoms. The van der Waals surface area contributed by atoms with E-state index < -0.39 is 5.97 Å². The van der Waals surface area contributed by atoms with Crippen molar-refractivity contribution in [1.29, 1.82) is 0 Å². The third-order valence-corrected chi connectivity index (χ3v) is 1.81. The summed E-state index contributed by atoms with van der Waals surface area (Å²) in [5, 5.41) is 9.52. The fourth-order valence-corrected chi connectivity index (χ4v) is 1.28. The molecule has 3 heteroatoms. The van der Waals surface area contributed by atoms with E-state index >= 15 is 0 Å². The average molecular weight is 175 g/mol. The van der Waals surface area contributed by atoms with Crippen LogP contribution in [0.2, 0.25) is 0 Å². The maximum Gasteiger partial charge on any atom is 0.339 e. The normalized spacial score (nSPS) is 10.5. The molecule has 1 aromatic heterocycles. The average Bonchev–Trinajstić information content (AvgIpc) is 2.43. The van der Waals surface area contributed by atoms with Crippen LogP contribution >= 0.6 is 0 Å². The van der Waals surface area contributed by atoms with Crippen molar-refractivity contribution in [3.8, 4) is 0 Å². The molecule has 1 heterocycles. The molecule has 0 fully saturated rings. The first-order valence-corrected chi connectivity index (χ1v) is 3.83. The van der Waals surface area contributed by atoms with E-state index in [0.29, 0.717) is 16.7 Å². The highest BCUT2D eigenvalue weighted by Gasteiger charge is 2.11. The Labute approximate surface area is 74.6 Å². The number of hydrogen-bond donors (Lipinski definition) is 1. The van der Waals surface area contributed by atoms with Crippen molar-refractivity contribution >= 4 is 16.9 Å². The Kier molecular flexibility index (Phi) is 1.59. The van der Waals surface area contributed by atoms with Gasteiger partial charge in [0.1, 0.15) is 16.9 Å². The summed E-state index contributed by atoms with van der Waals surface area (Å²) >= 11 is 0. The van der Waals surface area contributed by atoms with Gasteiger partial charge in [-0.1, -0.05) is 12.1 Å². The van der Waals surface area contributed by atoms with Gasteiger partial charge < -0.3 is 9.52 Å². The van der Waals surface area contributed by atoms with Gasteiger partial charge in [-0.25, -0.2) is 4.79 Å². The molecule has 0 unspecified atom stereocenters. The van der Waals surface area contributed by atoms with Gasteiger partial charge in [0.25, 0.3) is 0 Å². The fourth-order valence-electron chi connectivity index (χ4n) is 1.28. The number of hydrogen-bond acceptors (Lipinski definition) is 2. The Morgan fingerprint density at radius 2 is 2.31 bits per heavy atom. The topological polar surface area (TPSA) is 50.4 Å². The minimum Gasteiger partial charge on any atom is -0.478 e. The summed E-state index contributed by atoms with van der Waals surface area (Å²) in [6.07, 6.45) is 0. The zero-order valence-electron chi connectivity index (χ0n) is 7.00. The molecule has 0 saturated heterocycles. The number of fused-ring (bicyclic) bond motifs is 1. The Balaban J connectivity index is 2.82. The van der Waals surface area contributed by atoms with Crippen LogP contribution < -0.4 is 0 Å². The second-order valence-electron chi connectivity index (χ2n) is 2.77. The summed E-state index contributed by atoms with van der Waals surface area (Å²) in [7, 11) is 0. The molecule has 1 aromatic carbocycles. The smallest absolute Gasteiger partial charge is 0.339 e. The van der Waals surface area contributed by atoms with Gasteiger partial charge in [0, 0.05) is 11.5 Å². The summed E-state index contributed by atoms with van der Waals surface area (Å²) in [5.41, 5.74) is 0.578. The molecule has 65 valence electrons. The second-order valence-corrected chi connectivity index (χ2v) is 2.77. The van der Waals surface area contributed by atoms with Crippen LogP contribution in [0.25, 0.3) is 11.0 Å². The van der Waals surface area contributed by atoms with Gasteiger partial charge in [0.15, 0.2) is 0 Å². The van der Waals surface area contributed by atoms with Crippen molar-refractivity contribution in [3.05, 3.63) is 35.6 Å². The zero-order chi connectivity index (χ0) is 9.42. The van der Waals surface area contributed by atoms with Crippen molar-refractivity contribution < 1.29 is 14.3 Å². The van der Waals surface area contributed by atoms with Crippen LogP contribution in [0, 0.1) is 13.0 Å². The maximum atomic E-state index is 10.8. The van der Waals surface area contributed by atoms with Crippen molar-refractivity contribution in [3.63, 3.8) is 0 Å². The van der Waals surface area contributed by atoms with Gasteiger partial charge in [-0.15, -0.1) is 0 Å². The van der Waals surface area contributed by atoms with E-state index in [1.54, 1.807) is 19.1 Å². The Morgan fingerprint density at radius 3 is 3.00 bits per heavy atom. The highest BCUT2D eigenvalue weighted by molar-refractivity contribution is 6.00. The molecule has 0 amide bonds. The third-order valence-electron chi connectivity index (χ3n) is 1.81. The molecule has 1 N–H and O–H groups in total. The van der Waals surface area contributed by atoms with Gasteiger partial charge in [0.2, 0.25) is 0 Å². The van der Waals surface area contributed by atoms with Crippen LogP contribution in [0.15, 0.2) is 22.6 Å². The summed E-state index contributed by atoms with van der Waals surface area (Å²) in [4.78, 5) is 10.8. The number of aromatic carboxylic acids is 1. The number of carboxylic acid groups (broad SMARTS) is 1. The molecule has 0 aliphatic heterocycles. The number of rotatable bonds is 1. The first-order chi connectivity index (χ1) is 6.18. The summed E-state index contributed by atoms with van der Waals surface area (Å²) in [5.74, 6) is -0.378. The lowest BCUT2D eigenvalue weighted by Crippen LogP contribution is -1.95. The summed E-state index contributed by atoms with van der Waals surface area (Å²) in [6, 6.07) is 7.89. The molecule has 0 aliphatic rings. The van der Waals surface area contributed by atoms with Gasteiger partial charge in [0.05, 0.1) is 0 Å². The fraction of sp³-hybridized carbons (Fsp3) is 0.100. The van der Waals surface area contributed by atoms with E-state index in [4.69, 9.17) is 9.52 Å². The first kappa shape index (κ1) is 7.86. The van der Waals surface area contributed by atoms with E-state index in [0.717, 1.165) is 0 Å². The number of para-hydroxylation sites is 1. The molecule has 3 nitrogen and oxygen atoms in total. The van der Waals surface area contributed by atoms with Crippen LogP contribution in [-0.2, 0) is 0 Å².